The average molecular weight is 651 g/mol. The van der Waals surface area contributed by atoms with Crippen LogP contribution in [0.15, 0.2) is 67.0 Å². The summed E-state index contributed by atoms with van der Waals surface area (Å²) in [6.45, 7) is 19.8. The third-order valence-corrected chi connectivity index (χ3v) is 14.7. The molecule has 3 fully saturated rings. The Balaban J connectivity index is 1.30. The maximum Gasteiger partial charge on any atom is 0.335 e. The number of carboxylic acid groups (broad SMARTS) is 1. The van der Waals surface area contributed by atoms with Crippen molar-refractivity contribution in [3.05, 3.63) is 83.7 Å². The monoisotopic (exact) mass is 650 g/mol. The fraction of sp³-hybridized carbons (Fsp3) is 0.605. The summed E-state index contributed by atoms with van der Waals surface area (Å²) in [5.74, 6) is 1.77. The van der Waals surface area contributed by atoms with Crippen molar-refractivity contribution < 1.29 is 14.7 Å². The number of aromatic carboxylic acids is 1. The van der Waals surface area contributed by atoms with Gasteiger partial charge in [-0.3, -0.25) is 9.78 Å². The number of fused-ring (bicyclic) bond motifs is 4. The number of nitrogens with zero attached hydrogens (tertiary/aromatic N) is 1. The van der Waals surface area contributed by atoms with E-state index in [1.165, 1.54) is 30.4 Å². The molecule has 3 unspecified atom stereocenters. The fourth-order valence-corrected chi connectivity index (χ4v) is 11.9. The van der Waals surface area contributed by atoms with E-state index >= 15 is 0 Å². The SMILES string of the molecule is C=C(C)[C@@H]1CC[C@]2(C(=O)NCc3ccncc3)CC[C@@H](C)[C@]3(C)CCC4C(C)(C)C(c5ccc(C(=O)O)cc5)=CC[C@]4(C)C3CCCC12. The number of pyridine rings is 1. The molecule has 3 saturated carbocycles. The van der Waals surface area contributed by atoms with Crippen LogP contribution in [0.4, 0.5) is 0 Å². The highest BCUT2D eigenvalue weighted by molar-refractivity contribution is 5.88. The highest BCUT2D eigenvalue weighted by Crippen LogP contribution is 2.69. The number of aromatic nitrogens is 1. The summed E-state index contributed by atoms with van der Waals surface area (Å²) in [6.07, 6.45) is 17.1. The Morgan fingerprint density at radius 3 is 2.25 bits per heavy atom. The first kappa shape index (κ1) is 34.6. The van der Waals surface area contributed by atoms with Crippen molar-refractivity contribution in [3.8, 4) is 0 Å². The van der Waals surface area contributed by atoms with Crippen LogP contribution in [-0.4, -0.2) is 22.0 Å². The van der Waals surface area contributed by atoms with E-state index in [9.17, 15) is 14.7 Å². The minimum absolute atomic E-state index is 0.0177. The molecule has 0 saturated heterocycles. The van der Waals surface area contributed by atoms with Crippen molar-refractivity contribution in [2.75, 3.05) is 0 Å². The van der Waals surface area contributed by atoms with E-state index in [1.54, 1.807) is 24.5 Å². The number of hydrogen-bond donors (Lipinski definition) is 2. The van der Waals surface area contributed by atoms with Crippen molar-refractivity contribution in [2.24, 2.45) is 51.2 Å². The lowest BCUT2D eigenvalue weighted by molar-refractivity contribution is -0.139. The van der Waals surface area contributed by atoms with E-state index in [0.717, 1.165) is 56.1 Å². The first-order valence-electron chi connectivity index (χ1n) is 18.6. The van der Waals surface area contributed by atoms with Crippen LogP contribution in [0.3, 0.4) is 0 Å². The van der Waals surface area contributed by atoms with Gasteiger partial charge in [0.25, 0.3) is 0 Å². The predicted molar refractivity (Wildman–Crippen MR) is 194 cm³/mol. The summed E-state index contributed by atoms with van der Waals surface area (Å²) in [6, 6.07) is 11.5. The molecule has 2 N–H and O–H groups in total. The first-order valence-corrected chi connectivity index (χ1v) is 18.6. The van der Waals surface area contributed by atoms with Gasteiger partial charge >= 0.3 is 5.97 Å². The molecule has 5 nitrogen and oxygen atoms in total. The second-order valence-corrected chi connectivity index (χ2v) is 17.2. The molecule has 48 heavy (non-hydrogen) atoms. The Labute approximate surface area is 289 Å². The van der Waals surface area contributed by atoms with Crippen molar-refractivity contribution in [2.45, 2.75) is 112 Å². The highest BCUT2D eigenvalue weighted by atomic mass is 16.4. The van der Waals surface area contributed by atoms with Gasteiger partial charge in [-0.15, -0.1) is 0 Å². The standard InChI is InChI=1S/C43H58N2O3/c1-28(2)33-16-24-43(39(48)45-27-30-19-25-44-26-20-30)23-15-29(3)41(6)22-18-36-40(4,5)34(31-11-13-32(14-12-31)38(46)47)17-21-42(36,7)37(41)10-8-9-35(33)43/h11-14,17,19-20,25-26,29,33,35-37H,1,8-10,15-16,18,21-24,27H2,2-7H3,(H,45,48)(H,46,47)/t29-,33+,35?,36?,37?,41+,42+,43-/m1/s1. The summed E-state index contributed by atoms with van der Waals surface area (Å²) in [5, 5.41) is 12.9. The van der Waals surface area contributed by atoms with Crippen LogP contribution in [0.1, 0.15) is 127 Å². The minimum atomic E-state index is -0.877. The second-order valence-electron chi connectivity index (χ2n) is 17.2. The summed E-state index contributed by atoms with van der Waals surface area (Å²) in [4.78, 5) is 30.1. The molecule has 4 aliphatic rings. The summed E-state index contributed by atoms with van der Waals surface area (Å²) < 4.78 is 0. The number of carboxylic acids is 1. The normalized spacial score (nSPS) is 36.0. The average Bonchev–Trinajstić information content (AvgIpc) is 3.43. The lowest BCUT2D eigenvalue weighted by atomic mass is 9.40. The van der Waals surface area contributed by atoms with Gasteiger partial charge in [-0.1, -0.05) is 71.4 Å². The van der Waals surface area contributed by atoms with Crippen LogP contribution < -0.4 is 5.32 Å². The summed E-state index contributed by atoms with van der Waals surface area (Å²) >= 11 is 0. The van der Waals surface area contributed by atoms with E-state index in [1.807, 2.05) is 24.3 Å². The van der Waals surface area contributed by atoms with Crippen LogP contribution >= 0.6 is 0 Å². The van der Waals surface area contributed by atoms with Gasteiger partial charge in [0, 0.05) is 18.9 Å². The second kappa shape index (κ2) is 12.9. The molecular formula is C43H58N2O3. The van der Waals surface area contributed by atoms with E-state index in [4.69, 9.17) is 0 Å². The number of hydrogen-bond acceptors (Lipinski definition) is 3. The summed E-state index contributed by atoms with van der Waals surface area (Å²) in [7, 11) is 0. The zero-order chi connectivity index (χ0) is 34.5. The molecule has 8 atom stereocenters. The minimum Gasteiger partial charge on any atom is -0.478 e. The third-order valence-electron chi connectivity index (χ3n) is 14.7. The number of rotatable bonds is 6. The zero-order valence-electron chi connectivity index (χ0n) is 30.3. The van der Waals surface area contributed by atoms with Gasteiger partial charge in [0.2, 0.25) is 5.91 Å². The Kier molecular flexibility index (Phi) is 9.32. The van der Waals surface area contributed by atoms with Crippen LogP contribution in [0, 0.1) is 51.2 Å². The van der Waals surface area contributed by atoms with E-state index < -0.39 is 5.97 Å². The van der Waals surface area contributed by atoms with Crippen LogP contribution in [-0.2, 0) is 11.3 Å². The Morgan fingerprint density at radius 2 is 1.58 bits per heavy atom. The molecule has 0 bridgehead atoms. The topological polar surface area (TPSA) is 79.3 Å². The molecule has 4 aliphatic carbocycles. The molecule has 2 aromatic rings. The number of allylic oxidation sites excluding steroid dienone is 3. The molecule has 6 rings (SSSR count). The maximum atomic E-state index is 14.4. The van der Waals surface area contributed by atoms with Gasteiger partial charge in [0.05, 0.1) is 11.0 Å². The molecule has 1 aromatic heterocycles. The summed E-state index contributed by atoms with van der Waals surface area (Å²) in [5.41, 5.74) is 5.24. The van der Waals surface area contributed by atoms with E-state index in [0.29, 0.717) is 41.7 Å². The van der Waals surface area contributed by atoms with Crippen molar-refractivity contribution in [1.82, 2.24) is 10.3 Å². The van der Waals surface area contributed by atoms with E-state index in [-0.39, 0.29) is 27.6 Å². The van der Waals surface area contributed by atoms with Gasteiger partial charge < -0.3 is 10.4 Å². The number of carbonyl (C=O) groups excluding carboxylic acids is 1. The largest absolute Gasteiger partial charge is 0.478 e. The smallest absolute Gasteiger partial charge is 0.335 e. The number of carbonyl (C=O) groups is 2. The van der Waals surface area contributed by atoms with Gasteiger partial charge in [-0.05, 0) is 152 Å². The molecule has 0 spiro atoms. The maximum absolute atomic E-state index is 14.4. The quantitative estimate of drug-likeness (QED) is 0.305. The highest BCUT2D eigenvalue weighted by Gasteiger charge is 2.61. The number of benzene rings is 1. The first-order chi connectivity index (χ1) is 22.7. The van der Waals surface area contributed by atoms with Crippen LogP contribution in [0.5, 0.6) is 0 Å². The molecule has 1 heterocycles. The molecule has 0 aliphatic heterocycles. The lowest BCUT2D eigenvalue weighted by Crippen LogP contribution is -2.56. The Morgan fingerprint density at radius 1 is 0.896 bits per heavy atom. The Hall–Kier alpha value is -3.21. The van der Waals surface area contributed by atoms with Gasteiger partial charge in [-0.25, -0.2) is 4.79 Å². The van der Waals surface area contributed by atoms with E-state index in [2.05, 4.69) is 64.5 Å². The number of amides is 1. The van der Waals surface area contributed by atoms with Crippen LogP contribution in [0.2, 0.25) is 0 Å². The third kappa shape index (κ3) is 5.77. The molecule has 258 valence electrons. The molecule has 1 aromatic carbocycles. The molecular weight excluding hydrogens is 592 g/mol. The predicted octanol–water partition coefficient (Wildman–Crippen LogP) is 10.1. The Bertz CT molecular complexity index is 1560. The van der Waals surface area contributed by atoms with Gasteiger partial charge in [0.15, 0.2) is 0 Å². The molecule has 1 amide bonds. The van der Waals surface area contributed by atoms with Crippen molar-refractivity contribution in [1.29, 1.82) is 0 Å². The molecule has 5 heteroatoms. The molecule has 0 radical (unpaired) electrons. The van der Waals surface area contributed by atoms with Gasteiger partial charge in [0.1, 0.15) is 0 Å². The van der Waals surface area contributed by atoms with Crippen molar-refractivity contribution in [3.63, 3.8) is 0 Å². The number of nitrogens with one attached hydrogen (secondary N) is 1. The lowest BCUT2D eigenvalue weighted by Gasteiger charge is -2.64. The zero-order valence-corrected chi connectivity index (χ0v) is 30.3. The fourth-order valence-electron chi connectivity index (χ4n) is 11.9. The van der Waals surface area contributed by atoms with Crippen molar-refractivity contribution >= 4 is 17.4 Å². The van der Waals surface area contributed by atoms with Crippen LogP contribution in [0.25, 0.3) is 5.57 Å². The van der Waals surface area contributed by atoms with Gasteiger partial charge in [-0.2, -0.15) is 0 Å².